The normalized spacial score (nSPS) is 12.8. The lowest BCUT2D eigenvalue weighted by Gasteiger charge is -2.24. The van der Waals surface area contributed by atoms with Gasteiger partial charge in [-0.25, -0.2) is 0 Å². The van der Waals surface area contributed by atoms with Gasteiger partial charge in [0.2, 0.25) is 0 Å². The van der Waals surface area contributed by atoms with Crippen molar-refractivity contribution in [2.75, 3.05) is 5.32 Å². The third kappa shape index (κ3) is 4.51. The SMILES string of the molecule is CC(O)(Cn1ccc2cc(I)c(-c3ccccc3)cc21)C(=O)Nc1ccc(C#N)c(Cl)c1. The van der Waals surface area contributed by atoms with Crippen molar-refractivity contribution in [2.24, 2.45) is 0 Å². The molecule has 32 heavy (non-hydrogen) atoms. The second kappa shape index (κ2) is 8.94. The van der Waals surface area contributed by atoms with Crippen molar-refractivity contribution in [1.29, 1.82) is 5.26 Å². The molecule has 0 radical (unpaired) electrons. The number of anilines is 1. The number of carbonyl (C=O) groups excluding carboxylic acids is 1. The highest BCUT2D eigenvalue weighted by Crippen LogP contribution is 2.31. The van der Waals surface area contributed by atoms with Gasteiger partial charge in [-0.05, 0) is 77.0 Å². The maximum Gasteiger partial charge on any atom is 0.257 e. The number of benzene rings is 3. The molecule has 1 aromatic heterocycles. The van der Waals surface area contributed by atoms with Gasteiger partial charge >= 0.3 is 0 Å². The number of nitrogens with zero attached hydrogens (tertiary/aromatic N) is 2. The van der Waals surface area contributed by atoms with E-state index in [1.165, 1.54) is 19.1 Å². The molecule has 7 heteroatoms. The van der Waals surface area contributed by atoms with Crippen molar-refractivity contribution in [3.05, 3.63) is 87.1 Å². The van der Waals surface area contributed by atoms with Gasteiger partial charge in [-0.3, -0.25) is 4.79 Å². The van der Waals surface area contributed by atoms with Gasteiger partial charge in [0.1, 0.15) is 6.07 Å². The number of rotatable bonds is 5. The molecular formula is C25H19ClIN3O2. The number of hydrogen-bond acceptors (Lipinski definition) is 3. The largest absolute Gasteiger partial charge is 0.378 e. The van der Waals surface area contributed by atoms with E-state index in [-0.39, 0.29) is 11.6 Å². The number of nitriles is 1. The number of hydrogen-bond donors (Lipinski definition) is 2. The van der Waals surface area contributed by atoms with Gasteiger partial charge in [0.15, 0.2) is 5.60 Å². The van der Waals surface area contributed by atoms with Crippen LogP contribution in [0.2, 0.25) is 5.02 Å². The van der Waals surface area contributed by atoms with Gasteiger partial charge in [-0.15, -0.1) is 0 Å². The van der Waals surface area contributed by atoms with E-state index >= 15 is 0 Å². The maximum atomic E-state index is 12.8. The molecule has 0 aliphatic rings. The van der Waals surface area contributed by atoms with E-state index < -0.39 is 11.5 Å². The minimum Gasteiger partial charge on any atom is -0.378 e. The molecule has 1 unspecified atom stereocenters. The molecule has 1 amide bonds. The molecule has 0 aliphatic heterocycles. The summed E-state index contributed by atoms with van der Waals surface area (Å²) in [5, 5.41) is 23.9. The highest BCUT2D eigenvalue weighted by molar-refractivity contribution is 14.1. The van der Waals surface area contributed by atoms with Gasteiger partial charge in [0.25, 0.3) is 5.91 Å². The molecule has 1 atom stereocenters. The van der Waals surface area contributed by atoms with E-state index in [1.807, 2.05) is 41.1 Å². The number of nitrogens with one attached hydrogen (secondary N) is 1. The topological polar surface area (TPSA) is 78.1 Å². The Kier molecular flexibility index (Phi) is 6.24. The molecule has 2 N–H and O–H groups in total. The second-order valence-electron chi connectivity index (χ2n) is 7.73. The van der Waals surface area contributed by atoms with Gasteiger partial charge in [0, 0.05) is 26.4 Å². The van der Waals surface area contributed by atoms with E-state index in [0.29, 0.717) is 11.3 Å². The maximum absolute atomic E-state index is 12.8. The minimum absolute atomic E-state index is 0.0706. The smallest absolute Gasteiger partial charge is 0.257 e. The Labute approximate surface area is 204 Å². The van der Waals surface area contributed by atoms with Crippen molar-refractivity contribution >= 4 is 56.7 Å². The van der Waals surface area contributed by atoms with E-state index in [1.54, 1.807) is 6.07 Å². The molecule has 0 bridgehead atoms. The lowest BCUT2D eigenvalue weighted by molar-refractivity contribution is -0.133. The summed E-state index contributed by atoms with van der Waals surface area (Å²) in [6.07, 6.45) is 1.87. The zero-order valence-electron chi connectivity index (χ0n) is 17.1. The summed E-state index contributed by atoms with van der Waals surface area (Å²) in [5.74, 6) is -0.561. The monoisotopic (exact) mass is 555 g/mol. The summed E-state index contributed by atoms with van der Waals surface area (Å²) < 4.78 is 3.00. The van der Waals surface area contributed by atoms with Crippen LogP contribution in [0.5, 0.6) is 0 Å². The highest BCUT2D eigenvalue weighted by atomic mass is 127. The van der Waals surface area contributed by atoms with Crippen LogP contribution < -0.4 is 5.32 Å². The van der Waals surface area contributed by atoms with Crippen LogP contribution in [0.15, 0.2) is 72.9 Å². The lowest BCUT2D eigenvalue weighted by atomic mass is 10.0. The first-order valence-electron chi connectivity index (χ1n) is 9.86. The van der Waals surface area contributed by atoms with Crippen molar-refractivity contribution in [3.63, 3.8) is 0 Å². The number of fused-ring (bicyclic) bond motifs is 1. The summed E-state index contributed by atoms with van der Waals surface area (Å²) in [6, 6.07) is 22.8. The zero-order chi connectivity index (χ0) is 22.9. The fourth-order valence-corrected chi connectivity index (χ4v) is 4.57. The van der Waals surface area contributed by atoms with Crippen LogP contribution in [-0.2, 0) is 11.3 Å². The van der Waals surface area contributed by atoms with Crippen molar-refractivity contribution in [1.82, 2.24) is 4.57 Å². The molecule has 0 aliphatic carbocycles. The average Bonchev–Trinajstić information content (AvgIpc) is 3.14. The Balaban J connectivity index is 1.61. The van der Waals surface area contributed by atoms with Gasteiger partial charge < -0.3 is 15.0 Å². The van der Waals surface area contributed by atoms with Crippen LogP contribution >= 0.6 is 34.2 Å². The summed E-state index contributed by atoms with van der Waals surface area (Å²) in [7, 11) is 0. The Morgan fingerprint density at radius 1 is 1.19 bits per heavy atom. The van der Waals surface area contributed by atoms with Crippen LogP contribution in [0, 0.1) is 14.9 Å². The van der Waals surface area contributed by atoms with Crippen molar-refractivity contribution < 1.29 is 9.90 Å². The van der Waals surface area contributed by atoms with Crippen LogP contribution in [0.3, 0.4) is 0 Å². The molecule has 1 heterocycles. The molecular weight excluding hydrogens is 537 g/mol. The molecule has 0 spiro atoms. The summed E-state index contributed by atoms with van der Waals surface area (Å²) in [6.45, 7) is 1.55. The average molecular weight is 556 g/mol. The highest BCUT2D eigenvalue weighted by Gasteiger charge is 2.31. The van der Waals surface area contributed by atoms with E-state index in [4.69, 9.17) is 16.9 Å². The molecule has 3 aromatic carbocycles. The molecule has 0 fully saturated rings. The zero-order valence-corrected chi connectivity index (χ0v) is 20.1. The third-order valence-electron chi connectivity index (χ3n) is 5.26. The molecule has 0 saturated carbocycles. The lowest BCUT2D eigenvalue weighted by Crippen LogP contribution is -2.43. The predicted molar refractivity (Wildman–Crippen MR) is 136 cm³/mol. The van der Waals surface area contributed by atoms with Crippen LogP contribution in [0.1, 0.15) is 12.5 Å². The van der Waals surface area contributed by atoms with E-state index in [0.717, 1.165) is 25.6 Å². The van der Waals surface area contributed by atoms with Gasteiger partial charge in [0.05, 0.1) is 17.1 Å². The van der Waals surface area contributed by atoms with E-state index in [2.05, 4.69) is 52.2 Å². The van der Waals surface area contributed by atoms with Gasteiger partial charge in [-0.2, -0.15) is 5.26 Å². The second-order valence-corrected chi connectivity index (χ2v) is 9.30. The first-order valence-corrected chi connectivity index (χ1v) is 11.3. The van der Waals surface area contributed by atoms with E-state index in [9.17, 15) is 9.90 Å². The van der Waals surface area contributed by atoms with Crippen LogP contribution in [-0.4, -0.2) is 21.2 Å². The Hall–Kier alpha value is -2.86. The fourth-order valence-electron chi connectivity index (χ4n) is 3.54. The first-order chi connectivity index (χ1) is 15.3. The molecule has 0 saturated heterocycles. The van der Waals surface area contributed by atoms with Crippen LogP contribution in [0.25, 0.3) is 22.0 Å². The predicted octanol–water partition coefficient (Wildman–Crippen LogP) is 5.83. The quantitative estimate of drug-likeness (QED) is 0.304. The Morgan fingerprint density at radius 3 is 2.62 bits per heavy atom. The molecule has 160 valence electrons. The fraction of sp³-hybridized carbons (Fsp3) is 0.120. The summed E-state index contributed by atoms with van der Waals surface area (Å²) in [4.78, 5) is 12.8. The van der Waals surface area contributed by atoms with Crippen LogP contribution in [0.4, 0.5) is 5.69 Å². The van der Waals surface area contributed by atoms with Crippen molar-refractivity contribution in [3.8, 4) is 17.2 Å². The number of halogens is 2. The molecule has 4 aromatic rings. The first kappa shape index (κ1) is 22.3. The minimum atomic E-state index is -1.68. The third-order valence-corrected chi connectivity index (χ3v) is 6.46. The molecule has 5 nitrogen and oxygen atoms in total. The number of carbonyl (C=O) groups is 1. The van der Waals surface area contributed by atoms with Crippen molar-refractivity contribution in [2.45, 2.75) is 19.1 Å². The molecule has 4 rings (SSSR count). The standard InChI is InChI=1S/C25H19ClIN3O2/c1-25(32,24(31)29-19-8-7-18(14-28)21(26)12-19)15-30-10-9-17-11-22(27)20(13-23(17)30)16-5-3-2-4-6-16/h2-13,32H,15H2,1H3,(H,29,31). The Bertz CT molecular complexity index is 1360. The van der Waals surface area contributed by atoms with Gasteiger partial charge in [-0.1, -0.05) is 41.9 Å². The number of aliphatic hydroxyl groups is 1. The summed E-state index contributed by atoms with van der Waals surface area (Å²) in [5.41, 5.74) is 2.18. The number of amides is 1. The Morgan fingerprint density at radius 2 is 1.94 bits per heavy atom. The number of aromatic nitrogens is 1. The summed E-state index contributed by atoms with van der Waals surface area (Å²) >= 11 is 8.37.